The Bertz CT molecular complexity index is 5720. The number of para-hydroxylation sites is 1. The highest BCUT2D eigenvalue weighted by molar-refractivity contribution is 6.24. The van der Waals surface area contributed by atoms with Crippen molar-refractivity contribution in [3.63, 3.8) is 0 Å². The fourth-order valence-electron chi connectivity index (χ4n) is 14.3. The predicted molar refractivity (Wildman–Crippen MR) is 364 cm³/mol. The van der Waals surface area contributed by atoms with Gasteiger partial charge in [0.2, 0.25) is 0 Å². The molecule has 0 fully saturated rings. The van der Waals surface area contributed by atoms with Crippen molar-refractivity contribution in [2.45, 2.75) is 0 Å². The second-order valence-corrected chi connectivity index (χ2v) is 22.9. The SMILES string of the molecule is c1cc(-c2cccc3ccccc23)cc(-c2c3ccccc3c(-c3ccc4oc5ccc(-c6ccc7cccc(-c8ccc(-c9c%10ccccc%10c(-c%10ccc%11oc%12ccccc%12c%11c%10)c%10ccccc9%10)cc8)c7c6)cc5c4c3)c3ccccc23)c1. The summed E-state index contributed by atoms with van der Waals surface area (Å²) in [5.41, 5.74) is 20.3. The molecule has 0 saturated carbocycles. The minimum absolute atomic E-state index is 0.873. The first-order chi connectivity index (χ1) is 42.6. The van der Waals surface area contributed by atoms with Gasteiger partial charge in [-0.3, -0.25) is 0 Å². The number of furan rings is 2. The highest BCUT2D eigenvalue weighted by Crippen LogP contribution is 2.48. The Hall–Kier alpha value is -11.3. The third-order valence-corrected chi connectivity index (χ3v) is 18.2. The molecule has 0 aliphatic rings. The summed E-state index contributed by atoms with van der Waals surface area (Å²) >= 11 is 0. The van der Waals surface area contributed by atoms with Gasteiger partial charge in [0.1, 0.15) is 22.3 Å². The van der Waals surface area contributed by atoms with Crippen molar-refractivity contribution in [3.05, 3.63) is 303 Å². The van der Waals surface area contributed by atoms with Crippen LogP contribution in [0, 0.1) is 0 Å². The van der Waals surface area contributed by atoms with Crippen LogP contribution in [-0.4, -0.2) is 0 Å². The Morgan fingerprint density at radius 2 is 0.465 bits per heavy atom. The van der Waals surface area contributed by atoms with E-state index in [-0.39, 0.29) is 0 Å². The fourth-order valence-corrected chi connectivity index (χ4v) is 14.3. The first kappa shape index (κ1) is 48.2. The van der Waals surface area contributed by atoms with Crippen LogP contribution in [0.4, 0.5) is 0 Å². The molecule has 18 rings (SSSR count). The van der Waals surface area contributed by atoms with E-state index < -0.39 is 0 Å². The van der Waals surface area contributed by atoms with Gasteiger partial charge in [-0.1, -0.05) is 249 Å². The fraction of sp³-hybridized carbons (Fsp3) is 0. The minimum atomic E-state index is 0.873. The van der Waals surface area contributed by atoms with Gasteiger partial charge in [0.25, 0.3) is 0 Å². The normalized spacial score (nSPS) is 12.0. The molecule has 0 amide bonds. The maximum Gasteiger partial charge on any atom is 0.135 e. The third kappa shape index (κ3) is 7.53. The molecule has 398 valence electrons. The molecule has 18 aromatic rings. The topological polar surface area (TPSA) is 26.3 Å². The average molecular weight is 1090 g/mol. The van der Waals surface area contributed by atoms with Crippen molar-refractivity contribution in [3.8, 4) is 77.9 Å². The number of benzene rings is 16. The Morgan fingerprint density at radius 1 is 0.151 bits per heavy atom. The van der Waals surface area contributed by atoms with E-state index in [0.717, 1.165) is 60.6 Å². The van der Waals surface area contributed by atoms with Crippen LogP contribution < -0.4 is 0 Å². The summed E-state index contributed by atoms with van der Waals surface area (Å²) in [6.07, 6.45) is 0. The molecule has 2 aromatic heterocycles. The molecule has 0 spiro atoms. The molecule has 0 radical (unpaired) electrons. The summed E-state index contributed by atoms with van der Waals surface area (Å²) in [6.45, 7) is 0. The summed E-state index contributed by atoms with van der Waals surface area (Å²) in [5.74, 6) is 0. The van der Waals surface area contributed by atoms with Crippen molar-refractivity contribution in [2.75, 3.05) is 0 Å². The first-order valence-electron chi connectivity index (χ1n) is 29.6. The summed E-state index contributed by atoms with van der Waals surface area (Å²) in [6, 6.07) is 111. The minimum Gasteiger partial charge on any atom is -0.456 e. The van der Waals surface area contributed by atoms with E-state index in [1.807, 2.05) is 12.1 Å². The number of hydrogen-bond acceptors (Lipinski definition) is 2. The van der Waals surface area contributed by atoms with Gasteiger partial charge in [0.05, 0.1) is 0 Å². The maximum atomic E-state index is 6.64. The lowest BCUT2D eigenvalue weighted by atomic mass is 9.85. The van der Waals surface area contributed by atoms with E-state index in [0.29, 0.717) is 0 Å². The molecule has 16 aromatic carbocycles. The Balaban J connectivity index is 0.716. The van der Waals surface area contributed by atoms with Crippen molar-refractivity contribution in [1.82, 2.24) is 0 Å². The van der Waals surface area contributed by atoms with E-state index in [1.54, 1.807) is 0 Å². The van der Waals surface area contributed by atoms with E-state index in [1.165, 1.54) is 126 Å². The Morgan fingerprint density at radius 3 is 1.00 bits per heavy atom. The molecule has 0 atom stereocenters. The van der Waals surface area contributed by atoms with E-state index >= 15 is 0 Å². The van der Waals surface area contributed by atoms with Gasteiger partial charge in [-0.05, 0) is 197 Å². The van der Waals surface area contributed by atoms with Gasteiger partial charge in [-0.15, -0.1) is 0 Å². The summed E-state index contributed by atoms with van der Waals surface area (Å²) < 4.78 is 12.9. The quantitative estimate of drug-likeness (QED) is 0.149. The number of rotatable bonds is 7. The lowest BCUT2D eigenvalue weighted by Crippen LogP contribution is -1.91. The van der Waals surface area contributed by atoms with Crippen LogP contribution in [0.2, 0.25) is 0 Å². The average Bonchev–Trinajstić information content (AvgIpc) is 1.22. The second kappa shape index (κ2) is 19.1. The molecule has 0 saturated heterocycles. The van der Waals surface area contributed by atoms with Crippen LogP contribution in [0.1, 0.15) is 0 Å². The standard InChI is InChI=1S/C84H50O2/c1-2-21-61-51(16-1)17-14-32-63(61)57-19-13-20-58(46-57)82-69-27-7-9-29-71(69)84(72-30-10-8-28-70(72)82)60-42-45-80-76(50-60)75-48-56(40-43-79(75)86-80)55-39-36-52-18-15-31-62(73(52)47-55)53-34-37-54(38-35-53)81-65-23-3-5-25-67(65)83(68-26-6-4-24-66(68)81)59-41-44-78-74(49-59)64-22-11-12-33-77(64)85-78/h1-50H. The zero-order valence-electron chi connectivity index (χ0n) is 46.7. The maximum absolute atomic E-state index is 6.64. The molecule has 0 aliphatic carbocycles. The van der Waals surface area contributed by atoms with Crippen molar-refractivity contribution in [2.24, 2.45) is 0 Å². The van der Waals surface area contributed by atoms with Crippen LogP contribution >= 0.6 is 0 Å². The van der Waals surface area contributed by atoms with Crippen molar-refractivity contribution < 1.29 is 8.83 Å². The van der Waals surface area contributed by atoms with Gasteiger partial charge in [0, 0.05) is 21.5 Å². The van der Waals surface area contributed by atoms with Crippen LogP contribution in [0.15, 0.2) is 312 Å². The van der Waals surface area contributed by atoms with E-state index in [4.69, 9.17) is 8.83 Å². The first-order valence-corrected chi connectivity index (χ1v) is 29.6. The van der Waals surface area contributed by atoms with E-state index in [9.17, 15) is 0 Å². The van der Waals surface area contributed by atoms with E-state index in [2.05, 4.69) is 291 Å². The monoisotopic (exact) mass is 1090 g/mol. The predicted octanol–water partition coefficient (Wildman–Crippen LogP) is 24.1. The summed E-state index contributed by atoms with van der Waals surface area (Å²) in [4.78, 5) is 0. The summed E-state index contributed by atoms with van der Waals surface area (Å²) in [5, 5.41) is 19.2. The molecule has 0 aliphatic heterocycles. The van der Waals surface area contributed by atoms with Crippen LogP contribution in [-0.2, 0) is 0 Å². The Kier molecular flexibility index (Phi) is 10.7. The lowest BCUT2D eigenvalue weighted by Gasteiger charge is -2.18. The largest absolute Gasteiger partial charge is 0.456 e. The van der Waals surface area contributed by atoms with Crippen molar-refractivity contribution in [1.29, 1.82) is 0 Å². The molecule has 86 heavy (non-hydrogen) atoms. The zero-order chi connectivity index (χ0) is 56.4. The van der Waals surface area contributed by atoms with Crippen LogP contribution in [0.5, 0.6) is 0 Å². The van der Waals surface area contributed by atoms with Gasteiger partial charge in [-0.25, -0.2) is 0 Å². The molecular formula is C84H50O2. The molecule has 2 heteroatoms. The molecule has 0 N–H and O–H groups in total. The van der Waals surface area contributed by atoms with Gasteiger partial charge < -0.3 is 8.83 Å². The Labute approximate surface area is 495 Å². The third-order valence-electron chi connectivity index (χ3n) is 18.2. The molecule has 2 heterocycles. The van der Waals surface area contributed by atoms with Gasteiger partial charge >= 0.3 is 0 Å². The molecular weight excluding hydrogens is 1040 g/mol. The van der Waals surface area contributed by atoms with Crippen LogP contribution in [0.25, 0.3) is 186 Å². The highest BCUT2D eigenvalue weighted by Gasteiger charge is 2.22. The molecule has 0 unspecified atom stereocenters. The van der Waals surface area contributed by atoms with Gasteiger partial charge in [0.15, 0.2) is 0 Å². The number of fused-ring (bicyclic) bond motifs is 12. The molecule has 0 bridgehead atoms. The van der Waals surface area contributed by atoms with Crippen molar-refractivity contribution >= 4 is 109 Å². The smallest absolute Gasteiger partial charge is 0.135 e. The lowest BCUT2D eigenvalue weighted by molar-refractivity contribution is 0.668. The zero-order valence-corrected chi connectivity index (χ0v) is 46.7. The summed E-state index contributed by atoms with van der Waals surface area (Å²) in [7, 11) is 0. The van der Waals surface area contributed by atoms with Crippen LogP contribution in [0.3, 0.4) is 0 Å². The molecule has 2 nitrogen and oxygen atoms in total. The number of hydrogen-bond donors (Lipinski definition) is 0. The highest BCUT2D eigenvalue weighted by atomic mass is 16.3. The second-order valence-electron chi connectivity index (χ2n) is 22.9. The van der Waals surface area contributed by atoms with Gasteiger partial charge in [-0.2, -0.15) is 0 Å².